The molecular formula is C36H48N6O2. The number of H-pyrrole nitrogens is 1. The van der Waals surface area contributed by atoms with E-state index in [-0.39, 0.29) is 17.9 Å². The van der Waals surface area contributed by atoms with Gasteiger partial charge in [-0.1, -0.05) is 68.4 Å². The monoisotopic (exact) mass is 596 g/mol. The molecule has 234 valence electrons. The van der Waals surface area contributed by atoms with Crippen LogP contribution in [-0.4, -0.2) is 64.3 Å². The lowest BCUT2D eigenvalue weighted by molar-refractivity contribution is -0.123. The molecule has 0 spiro atoms. The lowest BCUT2D eigenvalue weighted by Gasteiger charge is -2.25. The topological polar surface area (TPSA) is 93.4 Å². The Bertz CT molecular complexity index is 1440. The van der Waals surface area contributed by atoms with Crippen molar-refractivity contribution in [1.29, 1.82) is 0 Å². The number of benzene rings is 3. The summed E-state index contributed by atoms with van der Waals surface area (Å²) < 4.78 is 0. The number of nitrogens with zero attached hydrogens (tertiary/aromatic N) is 3. The van der Waals surface area contributed by atoms with Gasteiger partial charge in [0.25, 0.3) is 5.91 Å². The van der Waals surface area contributed by atoms with Crippen LogP contribution in [0.3, 0.4) is 0 Å². The number of hydrogen-bond donors (Lipinski definition) is 3. The minimum atomic E-state index is -0.635. The summed E-state index contributed by atoms with van der Waals surface area (Å²) in [6.07, 6.45) is 7.15. The first-order chi connectivity index (χ1) is 21.4. The van der Waals surface area contributed by atoms with E-state index in [0.29, 0.717) is 18.5 Å². The lowest BCUT2D eigenvalue weighted by Crippen LogP contribution is -2.47. The number of hydrogen-bond acceptors (Lipinski definition) is 5. The Morgan fingerprint density at radius 2 is 1.61 bits per heavy atom. The Labute approximate surface area is 262 Å². The van der Waals surface area contributed by atoms with Crippen LogP contribution in [0.1, 0.15) is 79.8 Å². The van der Waals surface area contributed by atoms with Crippen molar-refractivity contribution in [3.63, 3.8) is 0 Å². The molecule has 8 heteroatoms. The number of carbonyl (C=O) groups excluding carboxylic acids is 2. The number of fused-ring (bicyclic) bond motifs is 1. The maximum atomic E-state index is 13.7. The molecule has 4 rings (SSSR count). The normalized spacial score (nSPS) is 12.9. The molecule has 0 radical (unpaired) electrons. The smallest absolute Gasteiger partial charge is 0.251 e. The molecule has 1 aromatic heterocycles. The fourth-order valence-corrected chi connectivity index (χ4v) is 5.79. The molecule has 2 amide bonds. The summed E-state index contributed by atoms with van der Waals surface area (Å²) in [5.41, 5.74) is 2.70. The molecule has 0 unspecified atom stereocenters. The highest BCUT2D eigenvalue weighted by Crippen LogP contribution is 2.24. The number of amides is 2. The van der Waals surface area contributed by atoms with Crippen molar-refractivity contribution < 1.29 is 9.59 Å². The van der Waals surface area contributed by atoms with Crippen LogP contribution < -0.4 is 10.6 Å². The van der Waals surface area contributed by atoms with Crippen molar-refractivity contribution in [2.24, 2.45) is 0 Å². The van der Waals surface area contributed by atoms with Gasteiger partial charge in [-0.05, 0) is 93.3 Å². The second-order valence-corrected chi connectivity index (χ2v) is 11.7. The third-order valence-corrected chi connectivity index (χ3v) is 7.96. The summed E-state index contributed by atoms with van der Waals surface area (Å²) in [6, 6.07) is 21.1. The van der Waals surface area contributed by atoms with E-state index in [1.165, 1.54) is 0 Å². The maximum Gasteiger partial charge on any atom is 0.251 e. The number of nitrogens with one attached hydrogen (secondary N) is 3. The standard InChI is InChI=1S/C36H48N6O2/c1-5-22-42(23-6-2)24-10-15-33(36(44)39-27(3)31-14-9-12-29-11-7-8-13-32(29)31)40-35(43)30-18-16-28(17-19-30)25-41(4)26-34-37-20-21-38-34/h7-9,11-14,16-21,27,33H,5-6,10,15,22-26H2,1-4H3,(H,37,38)(H,39,44)(H,40,43)/t27-,33-/m0/s1. The van der Waals surface area contributed by atoms with E-state index in [1.807, 2.05) is 62.6 Å². The van der Waals surface area contributed by atoms with Crippen LogP contribution in [0.2, 0.25) is 0 Å². The number of carbonyl (C=O) groups is 2. The third-order valence-electron chi connectivity index (χ3n) is 7.96. The molecule has 8 nitrogen and oxygen atoms in total. The van der Waals surface area contributed by atoms with Crippen LogP contribution in [0.5, 0.6) is 0 Å². The maximum absolute atomic E-state index is 13.7. The van der Waals surface area contributed by atoms with E-state index in [4.69, 9.17) is 0 Å². The van der Waals surface area contributed by atoms with Gasteiger partial charge in [-0.3, -0.25) is 14.5 Å². The van der Waals surface area contributed by atoms with Crippen molar-refractivity contribution in [2.45, 2.75) is 71.6 Å². The predicted octanol–water partition coefficient (Wildman–Crippen LogP) is 6.07. The van der Waals surface area contributed by atoms with Crippen LogP contribution in [0, 0.1) is 0 Å². The Morgan fingerprint density at radius 1 is 0.886 bits per heavy atom. The minimum Gasteiger partial charge on any atom is -0.348 e. The van der Waals surface area contributed by atoms with Crippen LogP contribution in [0.25, 0.3) is 10.8 Å². The molecule has 0 fully saturated rings. The molecule has 1 heterocycles. The van der Waals surface area contributed by atoms with Crippen LogP contribution in [0.15, 0.2) is 79.1 Å². The Balaban J connectivity index is 1.42. The number of aromatic nitrogens is 2. The van der Waals surface area contributed by atoms with Crippen molar-refractivity contribution >= 4 is 22.6 Å². The summed E-state index contributed by atoms with van der Waals surface area (Å²) in [7, 11) is 2.04. The lowest BCUT2D eigenvalue weighted by atomic mass is 9.99. The predicted molar refractivity (Wildman–Crippen MR) is 178 cm³/mol. The van der Waals surface area contributed by atoms with Gasteiger partial charge < -0.3 is 20.5 Å². The largest absolute Gasteiger partial charge is 0.348 e. The van der Waals surface area contributed by atoms with E-state index >= 15 is 0 Å². The quantitative estimate of drug-likeness (QED) is 0.138. The molecule has 3 N–H and O–H groups in total. The minimum absolute atomic E-state index is 0.160. The van der Waals surface area contributed by atoms with Crippen molar-refractivity contribution in [3.8, 4) is 0 Å². The van der Waals surface area contributed by atoms with Crippen LogP contribution >= 0.6 is 0 Å². The fourth-order valence-electron chi connectivity index (χ4n) is 5.79. The van der Waals surface area contributed by atoms with E-state index < -0.39 is 6.04 Å². The van der Waals surface area contributed by atoms with Gasteiger partial charge in [0.05, 0.1) is 12.6 Å². The van der Waals surface area contributed by atoms with Gasteiger partial charge in [0.2, 0.25) is 5.91 Å². The number of imidazole rings is 1. The van der Waals surface area contributed by atoms with Gasteiger partial charge in [0.15, 0.2) is 0 Å². The summed E-state index contributed by atoms with van der Waals surface area (Å²) >= 11 is 0. The first-order valence-corrected chi connectivity index (χ1v) is 15.9. The molecule has 0 saturated carbocycles. The summed E-state index contributed by atoms with van der Waals surface area (Å²) in [5.74, 6) is 0.514. The number of aromatic amines is 1. The summed E-state index contributed by atoms with van der Waals surface area (Å²) in [5, 5.41) is 8.52. The first-order valence-electron chi connectivity index (χ1n) is 15.9. The Kier molecular flexibility index (Phi) is 12.5. The highest BCUT2D eigenvalue weighted by molar-refractivity contribution is 5.97. The van der Waals surface area contributed by atoms with E-state index in [0.717, 1.165) is 73.2 Å². The zero-order valence-electron chi connectivity index (χ0n) is 26.7. The molecule has 2 atom stereocenters. The molecule has 0 saturated heterocycles. The van der Waals surface area contributed by atoms with Gasteiger partial charge in [0, 0.05) is 24.5 Å². The second kappa shape index (κ2) is 16.7. The van der Waals surface area contributed by atoms with Gasteiger partial charge in [0.1, 0.15) is 11.9 Å². The summed E-state index contributed by atoms with van der Waals surface area (Å²) in [4.78, 5) is 39.1. The summed E-state index contributed by atoms with van der Waals surface area (Å²) in [6.45, 7) is 10.8. The average molecular weight is 597 g/mol. The first kappa shape index (κ1) is 32.9. The van der Waals surface area contributed by atoms with E-state index in [1.54, 1.807) is 6.20 Å². The van der Waals surface area contributed by atoms with Gasteiger partial charge in [-0.25, -0.2) is 4.98 Å². The highest BCUT2D eigenvalue weighted by Gasteiger charge is 2.24. The van der Waals surface area contributed by atoms with Crippen molar-refractivity contribution in [2.75, 3.05) is 26.7 Å². The Hall–Kier alpha value is -4.01. The van der Waals surface area contributed by atoms with E-state index in [9.17, 15) is 9.59 Å². The molecular weight excluding hydrogens is 548 g/mol. The third kappa shape index (κ3) is 9.49. The number of rotatable bonds is 17. The average Bonchev–Trinajstić information content (AvgIpc) is 3.53. The van der Waals surface area contributed by atoms with Crippen molar-refractivity contribution in [3.05, 3.63) is 102 Å². The van der Waals surface area contributed by atoms with Gasteiger partial charge in [-0.15, -0.1) is 0 Å². The Morgan fingerprint density at radius 3 is 2.32 bits per heavy atom. The zero-order chi connectivity index (χ0) is 31.3. The zero-order valence-corrected chi connectivity index (χ0v) is 26.7. The second-order valence-electron chi connectivity index (χ2n) is 11.7. The van der Waals surface area contributed by atoms with E-state index in [2.05, 4.69) is 68.5 Å². The molecule has 0 bridgehead atoms. The molecule has 0 aliphatic carbocycles. The molecule has 0 aliphatic rings. The molecule has 4 aromatic rings. The molecule has 0 aliphatic heterocycles. The van der Waals surface area contributed by atoms with Crippen LogP contribution in [0.4, 0.5) is 0 Å². The fraction of sp³-hybridized carbons (Fsp3) is 0.417. The highest BCUT2D eigenvalue weighted by atomic mass is 16.2. The van der Waals surface area contributed by atoms with Gasteiger partial charge in [-0.2, -0.15) is 0 Å². The SMILES string of the molecule is CCCN(CCC)CCC[C@H](NC(=O)c1ccc(CN(C)Cc2ncc[nH]2)cc1)C(=O)N[C@@H](C)c1cccc2ccccc12. The molecule has 3 aromatic carbocycles. The van der Waals surface area contributed by atoms with Gasteiger partial charge >= 0.3 is 0 Å². The van der Waals surface area contributed by atoms with Crippen molar-refractivity contribution in [1.82, 2.24) is 30.4 Å². The van der Waals surface area contributed by atoms with Crippen LogP contribution in [-0.2, 0) is 17.9 Å². The molecule has 44 heavy (non-hydrogen) atoms.